The molecule has 2 N–H and O–H groups in total. The van der Waals surface area contributed by atoms with Gasteiger partial charge in [0.1, 0.15) is 5.69 Å². The van der Waals surface area contributed by atoms with E-state index in [1.165, 1.54) is 0 Å². The fraction of sp³-hybridized carbons (Fsp3) is 0.400. The van der Waals surface area contributed by atoms with Crippen LogP contribution in [0.4, 0.5) is 17.1 Å². The van der Waals surface area contributed by atoms with Crippen LogP contribution in [-0.4, -0.2) is 18.0 Å². The van der Waals surface area contributed by atoms with Crippen LogP contribution in [0.3, 0.4) is 0 Å². The summed E-state index contributed by atoms with van der Waals surface area (Å²) in [4.78, 5) is 10.5. The molecule has 1 heterocycles. The summed E-state index contributed by atoms with van der Waals surface area (Å²) in [7, 11) is 0. The Hall–Kier alpha value is -1.78. The molecule has 5 heteroatoms. The summed E-state index contributed by atoms with van der Waals surface area (Å²) < 4.78 is 0. The minimum absolute atomic E-state index is 0.166. The van der Waals surface area contributed by atoms with Gasteiger partial charge in [-0.15, -0.1) is 0 Å². The maximum absolute atomic E-state index is 10.8. The highest BCUT2D eigenvalue weighted by Crippen LogP contribution is 2.36. The van der Waals surface area contributed by atoms with Crippen LogP contribution < -0.4 is 10.6 Å². The van der Waals surface area contributed by atoms with E-state index in [0.717, 1.165) is 24.2 Å². The van der Waals surface area contributed by atoms with Crippen LogP contribution in [0.15, 0.2) is 12.1 Å². The lowest BCUT2D eigenvalue weighted by Crippen LogP contribution is -2.04. The minimum atomic E-state index is -0.337. The molecule has 1 aromatic carbocycles. The third-order valence-corrected chi connectivity index (χ3v) is 2.53. The highest BCUT2D eigenvalue weighted by atomic mass is 16.6. The summed E-state index contributed by atoms with van der Waals surface area (Å²) in [6.45, 7) is 3.48. The Morgan fingerprint density at radius 3 is 3.07 bits per heavy atom. The lowest BCUT2D eigenvalue weighted by molar-refractivity contribution is -0.384. The van der Waals surface area contributed by atoms with Gasteiger partial charge in [0.25, 0.3) is 5.69 Å². The summed E-state index contributed by atoms with van der Waals surface area (Å²) >= 11 is 0. The molecule has 1 aromatic rings. The second-order valence-electron chi connectivity index (χ2n) is 3.45. The molecule has 0 aliphatic carbocycles. The van der Waals surface area contributed by atoms with Crippen molar-refractivity contribution >= 4 is 17.1 Å². The number of hydrogen-bond donors (Lipinski definition) is 2. The number of benzene rings is 1. The van der Waals surface area contributed by atoms with Gasteiger partial charge in [-0.05, 0) is 19.4 Å². The molecular formula is C10H13N3O2. The summed E-state index contributed by atoms with van der Waals surface area (Å²) in [5, 5.41) is 17.1. The van der Waals surface area contributed by atoms with Crippen molar-refractivity contribution in [2.75, 3.05) is 23.7 Å². The predicted molar refractivity (Wildman–Crippen MR) is 59.5 cm³/mol. The number of nitro groups is 1. The second kappa shape index (κ2) is 3.76. The topological polar surface area (TPSA) is 67.2 Å². The maximum atomic E-state index is 10.8. The van der Waals surface area contributed by atoms with Crippen molar-refractivity contribution in [2.24, 2.45) is 0 Å². The molecule has 0 saturated carbocycles. The van der Waals surface area contributed by atoms with Gasteiger partial charge in [-0.1, -0.05) is 0 Å². The summed E-state index contributed by atoms with van der Waals surface area (Å²) in [6.07, 6.45) is 0.847. The average molecular weight is 207 g/mol. The summed E-state index contributed by atoms with van der Waals surface area (Å²) in [6, 6.07) is 3.33. The van der Waals surface area contributed by atoms with Crippen LogP contribution in [0, 0.1) is 10.1 Å². The quantitative estimate of drug-likeness (QED) is 0.587. The van der Waals surface area contributed by atoms with Crippen LogP contribution in [-0.2, 0) is 6.42 Å². The Bertz CT molecular complexity index is 404. The highest BCUT2D eigenvalue weighted by molar-refractivity contribution is 5.76. The molecule has 5 nitrogen and oxygen atoms in total. The molecule has 0 radical (unpaired) electrons. The van der Waals surface area contributed by atoms with E-state index in [4.69, 9.17) is 0 Å². The standard InChI is InChI=1S/C10H13N3O2/c1-2-11-10-7-5-6-12-8(7)3-4-9(10)13(14)15/h3-4,11-12H,2,5-6H2,1H3. The van der Waals surface area contributed by atoms with Crippen molar-refractivity contribution in [3.05, 3.63) is 27.8 Å². The average Bonchev–Trinajstić information content (AvgIpc) is 2.66. The molecule has 0 saturated heterocycles. The van der Waals surface area contributed by atoms with E-state index in [2.05, 4.69) is 10.6 Å². The largest absolute Gasteiger partial charge is 0.384 e. The van der Waals surface area contributed by atoms with Crippen molar-refractivity contribution in [3.8, 4) is 0 Å². The normalized spacial score (nSPS) is 13.1. The smallest absolute Gasteiger partial charge is 0.292 e. The molecule has 0 atom stereocenters. The molecule has 0 spiro atoms. The number of nitro benzene ring substituents is 1. The molecular weight excluding hydrogens is 194 g/mol. The summed E-state index contributed by atoms with van der Waals surface area (Å²) in [5.41, 5.74) is 2.88. The number of nitrogens with one attached hydrogen (secondary N) is 2. The Labute approximate surface area is 87.6 Å². The molecule has 0 unspecified atom stereocenters. The van der Waals surface area contributed by atoms with Gasteiger partial charge in [-0.2, -0.15) is 0 Å². The zero-order chi connectivity index (χ0) is 10.8. The van der Waals surface area contributed by atoms with Gasteiger partial charge in [0.05, 0.1) is 4.92 Å². The third-order valence-electron chi connectivity index (χ3n) is 2.53. The van der Waals surface area contributed by atoms with Crippen molar-refractivity contribution in [1.82, 2.24) is 0 Å². The first-order valence-corrected chi connectivity index (χ1v) is 5.02. The van der Waals surface area contributed by atoms with E-state index in [1.807, 2.05) is 6.92 Å². The van der Waals surface area contributed by atoms with Gasteiger partial charge in [-0.3, -0.25) is 10.1 Å². The fourth-order valence-electron chi connectivity index (χ4n) is 1.91. The summed E-state index contributed by atoms with van der Waals surface area (Å²) in [5.74, 6) is 0. The minimum Gasteiger partial charge on any atom is -0.384 e. The van der Waals surface area contributed by atoms with Crippen molar-refractivity contribution in [3.63, 3.8) is 0 Å². The van der Waals surface area contributed by atoms with Crippen LogP contribution in [0.2, 0.25) is 0 Å². The van der Waals surface area contributed by atoms with Gasteiger partial charge in [0.2, 0.25) is 0 Å². The number of hydrogen-bond acceptors (Lipinski definition) is 4. The van der Waals surface area contributed by atoms with E-state index >= 15 is 0 Å². The Balaban J connectivity index is 2.52. The van der Waals surface area contributed by atoms with Gasteiger partial charge in [-0.25, -0.2) is 0 Å². The molecule has 2 rings (SSSR count). The monoisotopic (exact) mass is 207 g/mol. The Morgan fingerprint density at radius 1 is 1.60 bits per heavy atom. The number of rotatable bonds is 3. The number of fused-ring (bicyclic) bond motifs is 1. The van der Waals surface area contributed by atoms with Crippen LogP contribution >= 0.6 is 0 Å². The molecule has 15 heavy (non-hydrogen) atoms. The van der Waals surface area contributed by atoms with Crippen LogP contribution in [0.25, 0.3) is 0 Å². The predicted octanol–water partition coefficient (Wildman–Crippen LogP) is 1.99. The van der Waals surface area contributed by atoms with E-state index in [1.54, 1.807) is 12.1 Å². The molecule has 0 fully saturated rings. The fourth-order valence-corrected chi connectivity index (χ4v) is 1.91. The molecule has 1 aliphatic rings. The van der Waals surface area contributed by atoms with Gasteiger partial charge in [0.15, 0.2) is 0 Å². The van der Waals surface area contributed by atoms with Gasteiger partial charge in [0, 0.05) is 30.4 Å². The molecule has 0 aromatic heterocycles. The Kier molecular flexibility index (Phi) is 2.45. The van der Waals surface area contributed by atoms with Gasteiger partial charge >= 0.3 is 0 Å². The number of anilines is 2. The molecule has 1 aliphatic heterocycles. The number of nitrogens with zero attached hydrogens (tertiary/aromatic N) is 1. The zero-order valence-electron chi connectivity index (χ0n) is 8.54. The first-order chi connectivity index (χ1) is 7.24. The van der Waals surface area contributed by atoms with E-state index in [0.29, 0.717) is 12.2 Å². The molecule has 80 valence electrons. The highest BCUT2D eigenvalue weighted by Gasteiger charge is 2.22. The van der Waals surface area contributed by atoms with Crippen molar-refractivity contribution in [2.45, 2.75) is 13.3 Å². The third kappa shape index (κ3) is 1.60. The van der Waals surface area contributed by atoms with Gasteiger partial charge < -0.3 is 10.6 Å². The van der Waals surface area contributed by atoms with Crippen LogP contribution in [0.1, 0.15) is 12.5 Å². The van der Waals surface area contributed by atoms with Crippen molar-refractivity contribution < 1.29 is 4.92 Å². The van der Waals surface area contributed by atoms with E-state index in [-0.39, 0.29) is 10.6 Å². The Morgan fingerprint density at radius 2 is 2.40 bits per heavy atom. The lowest BCUT2D eigenvalue weighted by Gasteiger charge is -2.09. The molecule has 0 bridgehead atoms. The first kappa shape index (κ1) is 9.76. The van der Waals surface area contributed by atoms with E-state index in [9.17, 15) is 10.1 Å². The molecule has 0 amide bonds. The SMILES string of the molecule is CCNc1c([N+](=O)[O-])ccc2c1CCN2. The van der Waals surface area contributed by atoms with Crippen molar-refractivity contribution in [1.29, 1.82) is 0 Å². The zero-order valence-corrected chi connectivity index (χ0v) is 8.54. The second-order valence-corrected chi connectivity index (χ2v) is 3.45. The first-order valence-electron chi connectivity index (χ1n) is 5.02. The van der Waals surface area contributed by atoms with E-state index < -0.39 is 0 Å². The van der Waals surface area contributed by atoms with Crippen LogP contribution in [0.5, 0.6) is 0 Å². The maximum Gasteiger partial charge on any atom is 0.292 e. The lowest BCUT2D eigenvalue weighted by atomic mass is 10.1.